The Hall–Kier alpha value is -4.05. The van der Waals surface area contributed by atoms with Crippen molar-refractivity contribution in [1.82, 2.24) is 18.8 Å². The number of aliphatic hydroxyl groups is 1. The van der Waals surface area contributed by atoms with Crippen molar-refractivity contribution in [3.05, 3.63) is 96.4 Å². The van der Waals surface area contributed by atoms with Gasteiger partial charge in [0.15, 0.2) is 5.65 Å². The number of aliphatic hydroxyl groups excluding tert-OH is 1. The highest BCUT2D eigenvalue weighted by Gasteiger charge is 2.25. The van der Waals surface area contributed by atoms with Gasteiger partial charge in [0.25, 0.3) is 10.0 Å². The zero-order valence-corrected chi connectivity index (χ0v) is 24.8. The van der Waals surface area contributed by atoms with E-state index in [-0.39, 0.29) is 17.0 Å². The van der Waals surface area contributed by atoms with Crippen LogP contribution in [0.15, 0.2) is 90.2 Å². The first-order valence-electron chi connectivity index (χ1n) is 14.1. The first-order valence-corrected chi connectivity index (χ1v) is 15.5. The number of nitrogens with zero attached hydrogens (tertiary/aromatic N) is 4. The molecule has 8 nitrogen and oxygen atoms in total. The molecule has 0 bridgehead atoms. The summed E-state index contributed by atoms with van der Waals surface area (Å²) in [6.45, 7) is 5.76. The van der Waals surface area contributed by atoms with E-state index in [0.717, 1.165) is 41.6 Å². The number of hydrogen-bond donors (Lipinski definition) is 1. The third kappa shape index (κ3) is 5.31. The summed E-state index contributed by atoms with van der Waals surface area (Å²) in [6.07, 6.45) is 6.62. The normalized spacial score (nSPS) is 16.9. The third-order valence-corrected chi connectivity index (χ3v) is 9.81. The number of ether oxygens (including phenoxy) is 1. The number of aryl methyl sites for hydroxylation is 1. The molecule has 2 unspecified atom stereocenters. The summed E-state index contributed by atoms with van der Waals surface area (Å²) in [5.74, 6) is 0.474. The highest BCUT2D eigenvalue weighted by atomic mass is 32.2. The van der Waals surface area contributed by atoms with Crippen molar-refractivity contribution in [2.24, 2.45) is 0 Å². The molecule has 216 valence electrons. The number of likely N-dealkylation sites (tertiary alicyclic amines) is 1. The van der Waals surface area contributed by atoms with Crippen LogP contribution >= 0.6 is 0 Å². The van der Waals surface area contributed by atoms with Gasteiger partial charge in [0.1, 0.15) is 0 Å². The van der Waals surface area contributed by atoms with Gasteiger partial charge in [0.2, 0.25) is 5.88 Å². The van der Waals surface area contributed by atoms with Crippen LogP contribution in [0.4, 0.5) is 0 Å². The maximum absolute atomic E-state index is 13.8. The topological polar surface area (TPSA) is 97.5 Å². The summed E-state index contributed by atoms with van der Waals surface area (Å²) in [4.78, 5) is 11.6. The summed E-state index contributed by atoms with van der Waals surface area (Å²) in [5.41, 5.74) is 5.83. The van der Waals surface area contributed by atoms with E-state index in [4.69, 9.17) is 4.74 Å². The first kappa shape index (κ1) is 28.1. The predicted octanol–water partition coefficient (Wildman–Crippen LogP) is 5.84. The van der Waals surface area contributed by atoms with Crippen LogP contribution in [0.3, 0.4) is 0 Å². The molecule has 9 heteroatoms. The molecule has 2 atom stereocenters. The van der Waals surface area contributed by atoms with Gasteiger partial charge in [0.05, 0.1) is 18.1 Å². The number of β-amino-alcohol motifs (C(OH)–C–C–N with tert-alkyl or cyclic N) is 1. The lowest BCUT2D eigenvalue weighted by Crippen LogP contribution is -2.39. The quantitative estimate of drug-likeness (QED) is 0.258. The van der Waals surface area contributed by atoms with Crippen molar-refractivity contribution in [2.75, 3.05) is 20.2 Å². The molecular weight excluding hydrogens is 548 g/mol. The van der Waals surface area contributed by atoms with E-state index >= 15 is 0 Å². The van der Waals surface area contributed by atoms with Crippen molar-refractivity contribution >= 4 is 21.1 Å². The van der Waals surface area contributed by atoms with E-state index in [0.29, 0.717) is 29.0 Å². The fourth-order valence-corrected chi connectivity index (χ4v) is 6.96. The standard InChI is InChI=1S/C33H34N4O4S/c1-22-6-13-29(14-7-22)42(39,40)37-21-31(26-12-15-32(41-3)34-18-26)30-17-27(19-35-33(30)37)25-10-8-24(9-11-25)23(2)36-16-4-5-28(38)20-36/h6-15,17-19,21,23,28,38H,4-5,16,20H2,1-3H3. The fourth-order valence-electron chi connectivity index (χ4n) is 5.63. The number of piperidine rings is 1. The van der Waals surface area contributed by atoms with Gasteiger partial charge >= 0.3 is 0 Å². The van der Waals surface area contributed by atoms with Crippen LogP contribution in [0.2, 0.25) is 0 Å². The first-order chi connectivity index (χ1) is 20.2. The average Bonchev–Trinajstić information content (AvgIpc) is 3.41. The molecule has 1 aliphatic rings. The zero-order valence-electron chi connectivity index (χ0n) is 23.9. The lowest BCUT2D eigenvalue weighted by atomic mass is 9.98. The second-order valence-electron chi connectivity index (χ2n) is 10.9. The van der Waals surface area contributed by atoms with Crippen molar-refractivity contribution < 1.29 is 18.3 Å². The maximum Gasteiger partial charge on any atom is 0.269 e. The lowest BCUT2D eigenvalue weighted by molar-refractivity contribution is 0.0504. The molecule has 0 amide bonds. The van der Waals surface area contributed by atoms with Crippen LogP contribution in [-0.2, 0) is 10.0 Å². The molecule has 1 aliphatic heterocycles. The summed E-state index contributed by atoms with van der Waals surface area (Å²) in [7, 11) is -2.35. The van der Waals surface area contributed by atoms with Crippen LogP contribution < -0.4 is 4.74 Å². The number of hydrogen-bond acceptors (Lipinski definition) is 7. The fraction of sp³-hybridized carbons (Fsp3) is 0.273. The highest BCUT2D eigenvalue weighted by molar-refractivity contribution is 7.90. The number of benzene rings is 2. The molecule has 0 aliphatic carbocycles. The lowest BCUT2D eigenvalue weighted by Gasteiger charge is -2.35. The van der Waals surface area contributed by atoms with Gasteiger partial charge in [-0.1, -0.05) is 42.0 Å². The van der Waals surface area contributed by atoms with E-state index in [9.17, 15) is 13.5 Å². The number of pyridine rings is 2. The minimum absolute atomic E-state index is 0.196. The molecule has 4 heterocycles. The minimum Gasteiger partial charge on any atom is -0.481 e. The van der Waals surface area contributed by atoms with E-state index in [2.05, 4.69) is 46.1 Å². The molecule has 1 saturated heterocycles. The third-order valence-electron chi connectivity index (χ3n) is 8.15. The van der Waals surface area contributed by atoms with Gasteiger partial charge in [-0.15, -0.1) is 0 Å². The molecular formula is C33H34N4O4S. The van der Waals surface area contributed by atoms with Crippen molar-refractivity contribution in [2.45, 2.75) is 43.7 Å². The summed E-state index contributed by atoms with van der Waals surface area (Å²) in [6, 6.07) is 21.0. The van der Waals surface area contributed by atoms with Gasteiger partial charge in [0, 0.05) is 59.3 Å². The maximum atomic E-state index is 13.8. The number of methoxy groups -OCH3 is 1. The van der Waals surface area contributed by atoms with Gasteiger partial charge < -0.3 is 9.84 Å². The van der Waals surface area contributed by atoms with E-state index in [1.807, 2.05) is 19.1 Å². The Labute approximate surface area is 246 Å². The Morgan fingerprint density at radius 1 is 0.952 bits per heavy atom. The highest BCUT2D eigenvalue weighted by Crippen LogP contribution is 2.35. The second kappa shape index (κ2) is 11.3. The SMILES string of the molecule is COc1ccc(-c2cn(S(=O)(=O)c3ccc(C)cc3)c3ncc(-c4ccc(C(C)N5CCCC(O)C5)cc4)cc23)cn1. The molecule has 42 heavy (non-hydrogen) atoms. The molecule has 0 spiro atoms. The molecule has 2 aromatic carbocycles. The molecule has 0 radical (unpaired) electrons. The predicted molar refractivity (Wildman–Crippen MR) is 164 cm³/mol. The van der Waals surface area contributed by atoms with E-state index in [1.165, 1.54) is 9.54 Å². The number of rotatable bonds is 7. The summed E-state index contributed by atoms with van der Waals surface area (Å²) < 4.78 is 34.0. The van der Waals surface area contributed by atoms with Gasteiger partial charge in [-0.2, -0.15) is 0 Å². The number of aromatic nitrogens is 3. The van der Waals surface area contributed by atoms with E-state index in [1.54, 1.807) is 56.0 Å². The van der Waals surface area contributed by atoms with Crippen LogP contribution in [0.5, 0.6) is 5.88 Å². The Morgan fingerprint density at radius 2 is 1.67 bits per heavy atom. The summed E-state index contributed by atoms with van der Waals surface area (Å²) >= 11 is 0. The zero-order chi connectivity index (χ0) is 29.4. The van der Waals surface area contributed by atoms with Crippen molar-refractivity contribution in [3.8, 4) is 28.1 Å². The van der Waals surface area contributed by atoms with E-state index < -0.39 is 10.0 Å². The molecule has 0 saturated carbocycles. The van der Waals surface area contributed by atoms with Crippen molar-refractivity contribution in [1.29, 1.82) is 0 Å². The van der Waals surface area contributed by atoms with Gasteiger partial charge in [-0.3, -0.25) is 4.90 Å². The van der Waals surface area contributed by atoms with Gasteiger partial charge in [-0.05, 0) is 68.6 Å². The molecule has 1 fully saturated rings. The Bertz CT molecular complexity index is 1820. The second-order valence-corrected chi connectivity index (χ2v) is 12.7. The molecule has 6 rings (SSSR count). The monoisotopic (exact) mass is 582 g/mol. The minimum atomic E-state index is -3.90. The largest absolute Gasteiger partial charge is 0.481 e. The van der Waals surface area contributed by atoms with Crippen LogP contribution in [0.1, 0.15) is 36.9 Å². The van der Waals surface area contributed by atoms with Crippen molar-refractivity contribution in [3.63, 3.8) is 0 Å². The number of fused-ring (bicyclic) bond motifs is 1. The Morgan fingerprint density at radius 3 is 2.33 bits per heavy atom. The Balaban J connectivity index is 1.41. The summed E-state index contributed by atoms with van der Waals surface area (Å²) in [5, 5.41) is 10.8. The molecule has 1 N–H and O–H groups in total. The van der Waals surface area contributed by atoms with Crippen LogP contribution in [-0.4, -0.2) is 58.7 Å². The molecule has 5 aromatic rings. The average molecular weight is 583 g/mol. The van der Waals surface area contributed by atoms with Crippen LogP contribution in [0, 0.1) is 6.92 Å². The van der Waals surface area contributed by atoms with Gasteiger partial charge in [-0.25, -0.2) is 22.4 Å². The smallest absolute Gasteiger partial charge is 0.269 e. The van der Waals surface area contributed by atoms with Crippen LogP contribution in [0.25, 0.3) is 33.3 Å². The molecule has 3 aromatic heterocycles. The Kier molecular flexibility index (Phi) is 7.57.